The van der Waals surface area contributed by atoms with E-state index in [2.05, 4.69) is 48.1 Å². The number of halogens is 1. The van der Waals surface area contributed by atoms with Crippen molar-refractivity contribution in [3.8, 4) is 5.75 Å². The lowest BCUT2D eigenvalue weighted by Crippen LogP contribution is -2.47. The zero-order valence-corrected chi connectivity index (χ0v) is 18.9. The Bertz CT molecular complexity index is 526. The second-order valence-electron chi connectivity index (χ2n) is 6.69. The van der Waals surface area contributed by atoms with E-state index in [1.807, 2.05) is 19.2 Å². The summed E-state index contributed by atoms with van der Waals surface area (Å²) in [6.45, 7) is 10.6. The molecule has 26 heavy (non-hydrogen) atoms. The van der Waals surface area contributed by atoms with Gasteiger partial charge in [-0.1, -0.05) is 26.0 Å². The number of aliphatic imine (C=N–C) groups is 1. The van der Waals surface area contributed by atoms with E-state index in [9.17, 15) is 0 Å². The number of nitrogens with one attached hydrogen (secondary N) is 1. The molecule has 148 valence electrons. The Hall–Kier alpha value is -1.02. The second kappa shape index (κ2) is 12.4. The van der Waals surface area contributed by atoms with E-state index in [4.69, 9.17) is 9.47 Å². The fraction of sp³-hybridized carbons (Fsp3) is 0.650. The van der Waals surface area contributed by atoms with Crippen LogP contribution in [0.5, 0.6) is 5.75 Å². The maximum Gasteiger partial charge on any atom is 0.193 e. The number of rotatable bonds is 7. The van der Waals surface area contributed by atoms with Crippen molar-refractivity contribution >= 4 is 29.9 Å². The zero-order chi connectivity index (χ0) is 18.1. The van der Waals surface area contributed by atoms with Gasteiger partial charge in [0.2, 0.25) is 0 Å². The topological polar surface area (TPSA) is 46.1 Å². The van der Waals surface area contributed by atoms with Crippen molar-refractivity contribution in [2.45, 2.75) is 45.6 Å². The molecule has 0 atom stereocenters. The minimum absolute atomic E-state index is 0. The van der Waals surface area contributed by atoms with E-state index in [1.54, 1.807) is 0 Å². The molecular weight excluding hydrogens is 441 g/mol. The van der Waals surface area contributed by atoms with Gasteiger partial charge in [-0.05, 0) is 43.4 Å². The lowest BCUT2D eigenvalue weighted by molar-refractivity contribution is 0.0263. The summed E-state index contributed by atoms with van der Waals surface area (Å²) in [6.07, 6.45) is 2.53. The summed E-state index contributed by atoms with van der Waals surface area (Å²) in [6, 6.07) is 8.36. The third-order valence-corrected chi connectivity index (χ3v) is 4.56. The van der Waals surface area contributed by atoms with Gasteiger partial charge < -0.3 is 19.7 Å². The molecule has 6 heteroatoms. The molecule has 0 amide bonds. The van der Waals surface area contributed by atoms with Gasteiger partial charge >= 0.3 is 0 Å². The highest BCUT2D eigenvalue weighted by Gasteiger charge is 2.21. The third-order valence-electron chi connectivity index (χ3n) is 4.56. The minimum Gasteiger partial charge on any atom is -0.492 e. The lowest BCUT2D eigenvalue weighted by atomic mass is 10.0. The fourth-order valence-electron chi connectivity index (χ4n) is 3.08. The van der Waals surface area contributed by atoms with E-state index in [1.165, 1.54) is 5.56 Å². The summed E-state index contributed by atoms with van der Waals surface area (Å²) >= 11 is 0. The predicted octanol–water partition coefficient (Wildman–Crippen LogP) is 3.88. The van der Waals surface area contributed by atoms with Crippen molar-refractivity contribution in [3.63, 3.8) is 0 Å². The first-order valence-corrected chi connectivity index (χ1v) is 9.44. The molecular formula is C20H34IN3O2. The van der Waals surface area contributed by atoms with Crippen molar-refractivity contribution in [1.82, 2.24) is 10.2 Å². The Balaban J connectivity index is 0.00000338. The molecule has 1 saturated heterocycles. The Morgan fingerprint density at radius 1 is 1.23 bits per heavy atom. The molecule has 1 heterocycles. The maximum atomic E-state index is 5.82. The first-order chi connectivity index (χ1) is 12.1. The van der Waals surface area contributed by atoms with Gasteiger partial charge in [0.05, 0.1) is 12.6 Å². The molecule has 1 fully saturated rings. The Morgan fingerprint density at radius 3 is 2.42 bits per heavy atom. The van der Waals surface area contributed by atoms with Gasteiger partial charge in [-0.25, -0.2) is 0 Å². The average Bonchev–Trinajstić information content (AvgIpc) is 2.63. The van der Waals surface area contributed by atoms with Gasteiger partial charge in [0, 0.05) is 26.7 Å². The van der Waals surface area contributed by atoms with Crippen molar-refractivity contribution < 1.29 is 9.47 Å². The number of guanidine groups is 1. The van der Waals surface area contributed by atoms with E-state index >= 15 is 0 Å². The molecule has 1 aromatic carbocycles. The number of benzene rings is 1. The van der Waals surface area contributed by atoms with Crippen LogP contribution in [0.2, 0.25) is 0 Å². The summed E-state index contributed by atoms with van der Waals surface area (Å²) in [5.41, 5.74) is 1.33. The smallest absolute Gasteiger partial charge is 0.193 e. The van der Waals surface area contributed by atoms with Crippen LogP contribution in [0.3, 0.4) is 0 Å². The highest BCUT2D eigenvalue weighted by atomic mass is 127. The summed E-state index contributed by atoms with van der Waals surface area (Å²) in [5.74, 6) is 2.42. The van der Waals surface area contributed by atoms with Crippen molar-refractivity contribution in [1.29, 1.82) is 0 Å². The van der Waals surface area contributed by atoms with Gasteiger partial charge in [-0.2, -0.15) is 0 Å². The standard InChI is InChI=1S/C20H33N3O2.HI/c1-5-24-19-10-13-23(14-11-19)20(21-4)22-12-15-25-18-8-6-17(7-9-18)16(2)3;/h6-9,16,19H,5,10-15H2,1-4H3,(H,21,22);1H. The maximum absolute atomic E-state index is 5.82. The molecule has 0 unspecified atom stereocenters. The Morgan fingerprint density at radius 2 is 1.88 bits per heavy atom. The van der Waals surface area contributed by atoms with Crippen LogP contribution in [-0.4, -0.2) is 56.9 Å². The van der Waals surface area contributed by atoms with Gasteiger partial charge in [-0.15, -0.1) is 24.0 Å². The number of hydrogen-bond donors (Lipinski definition) is 1. The largest absolute Gasteiger partial charge is 0.492 e. The Labute approximate surface area is 175 Å². The number of piperidine rings is 1. The minimum atomic E-state index is 0. The highest BCUT2D eigenvalue weighted by Crippen LogP contribution is 2.18. The van der Waals surface area contributed by atoms with E-state index in [0.29, 0.717) is 18.6 Å². The number of likely N-dealkylation sites (tertiary alicyclic amines) is 1. The van der Waals surface area contributed by atoms with E-state index < -0.39 is 0 Å². The summed E-state index contributed by atoms with van der Waals surface area (Å²) in [5, 5.41) is 3.40. The molecule has 0 radical (unpaired) electrons. The van der Waals surface area contributed by atoms with Crippen LogP contribution < -0.4 is 10.1 Å². The summed E-state index contributed by atoms with van der Waals surface area (Å²) < 4.78 is 11.5. The van der Waals surface area contributed by atoms with Crippen molar-refractivity contribution in [3.05, 3.63) is 29.8 Å². The molecule has 0 aromatic heterocycles. The molecule has 0 saturated carbocycles. The monoisotopic (exact) mass is 475 g/mol. The summed E-state index contributed by atoms with van der Waals surface area (Å²) in [4.78, 5) is 6.69. The van der Waals surface area contributed by atoms with Gasteiger partial charge in [-0.3, -0.25) is 4.99 Å². The Kier molecular flexibility index (Phi) is 11.0. The molecule has 1 N–H and O–H groups in total. The molecule has 1 aromatic rings. The molecule has 0 aliphatic carbocycles. The predicted molar refractivity (Wildman–Crippen MR) is 119 cm³/mol. The van der Waals surface area contributed by atoms with Crippen LogP contribution in [0, 0.1) is 0 Å². The lowest BCUT2D eigenvalue weighted by Gasteiger charge is -2.34. The van der Waals surface area contributed by atoms with Crippen LogP contribution in [-0.2, 0) is 4.74 Å². The average molecular weight is 475 g/mol. The number of hydrogen-bond acceptors (Lipinski definition) is 3. The normalized spacial score (nSPS) is 15.7. The van der Waals surface area contributed by atoms with Crippen molar-refractivity contribution in [2.75, 3.05) is 39.9 Å². The van der Waals surface area contributed by atoms with Gasteiger partial charge in [0.25, 0.3) is 0 Å². The SMILES string of the molecule is CCOC1CCN(C(=NC)NCCOc2ccc(C(C)C)cc2)CC1.I. The molecule has 2 rings (SSSR count). The fourth-order valence-corrected chi connectivity index (χ4v) is 3.08. The summed E-state index contributed by atoms with van der Waals surface area (Å²) in [7, 11) is 1.84. The van der Waals surface area contributed by atoms with Crippen LogP contribution in [0.15, 0.2) is 29.3 Å². The zero-order valence-electron chi connectivity index (χ0n) is 16.5. The van der Waals surface area contributed by atoms with Crippen LogP contribution in [0.25, 0.3) is 0 Å². The van der Waals surface area contributed by atoms with Gasteiger partial charge in [0.1, 0.15) is 12.4 Å². The number of nitrogens with zero attached hydrogens (tertiary/aromatic N) is 2. The number of ether oxygens (including phenoxy) is 2. The highest BCUT2D eigenvalue weighted by molar-refractivity contribution is 14.0. The van der Waals surface area contributed by atoms with Crippen molar-refractivity contribution in [2.24, 2.45) is 4.99 Å². The van der Waals surface area contributed by atoms with Crippen LogP contribution in [0.4, 0.5) is 0 Å². The van der Waals surface area contributed by atoms with E-state index in [-0.39, 0.29) is 24.0 Å². The van der Waals surface area contributed by atoms with Crippen LogP contribution >= 0.6 is 24.0 Å². The van der Waals surface area contributed by atoms with Gasteiger partial charge in [0.15, 0.2) is 5.96 Å². The molecule has 0 bridgehead atoms. The first-order valence-electron chi connectivity index (χ1n) is 9.44. The molecule has 0 spiro atoms. The first kappa shape index (κ1) is 23.0. The van der Waals surface area contributed by atoms with Crippen LogP contribution in [0.1, 0.15) is 45.1 Å². The quantitative estimate of drug-likeness (QED) is 0.282. The third kappa shape index (κ3) is 7.31. The molecule has 1 aliphatic rings. The second-order valence-corrected chi connectivity index (χ2v) is 6.69. The van der Waals surface area contributed by atoms with E-state index in [0.717, 1.165) is 50.8 Å². The molecule has 5 nitrogen and oxygen atoms in total. The molecule has 1 aliphatic heterocycles.